The van der Waals surface area contributed by atoms with Crippen molar-refractivity contribution in [3.05, 3.63) is 35.9 Å². The molecule has 0 aliphatic carbocycles. The highest BCUT2D eigenvalue weighted by Crippen LogP contribution is 2.06. The number of carbonyl (C=O) groups excluding carboxylic acids is 1. The van der Waals surface area contributed by atoms with Crippen LogP contribution in [0.2, 0.25) is 0 Å². The SMILES string of the molecule is C[C@H](CCC=O)OCc1ccccc1. The van der Waals surface area contributed by atoms with Crippen molar-refractivity contribution in [3.63, 3.8) is 0 Å². The van der Waals surface area contributed by atoms with Crippen LogP contribution >= 0.6 is 0 Å². The van der Waals surface area contributed by atoms with Gasteiger partial charge in [-0.1, -0.05) is 30.3 Å². The fourth-order valence-corrected chi connectivity index (χ4v) is 1.20. The number of aldehydes is 1. The summed E-state index contributed by atoms with van der Waals surface area (Å²) in [4.78, 5) is 10.1. The predicted molar refractivity (Wildman–Crippen MR) is 56.0 cm³/mol. The first-order valence-corrected chi connectivity index (χ1v) is 4.92. The van der Waals surface area contributed by atoms with Crippen molar-refractivity contribution in [3.8, 4) is 0 Å². The van der Waals surface area contributed by atoms with Crippen LogP contribution < -0.4 is 0 Å². The molecule has 1 rings (SSSR count). The molecule has 0 aromatic heterocycles. The number of rotatable bonds is 6. The lowest BCUT2D eigenvalue weighted by Crippen LogP contribution is -2.08. The lowest BCUT2D eigenvalue weighted by atomic mass is 10.2. The minimum absolute atomic E-state index is 0.153. The molecule has 2 nitrogen and oxygen atoms in total. The van der Waals surface area contributed by atoms with Crippen LogP contribution in [0.4, 0.5) is 0 Å². The van der Waals surface area contributed by atoms with Crippen molar-refractivity contribution in [1.82, 2.24) is 0 Å². The quantitative estimate of drug-likeness (QED) is 0.647. The van der Waals surface area contributed by atoms with Gasteiger partial charge in [0.1, 0.15) is 6.29 Å². The largest absolute Gasteiger partial charge is 0.374 e. The van der Waals surface area contributed by atoms with Crippen LogP contribution in [-0.2, 0) is 16.1 Å². The molecule has 0 aliphatic heterocycles. The van der Waals surface area contributed by atoms with Crippen LogP contribution in [0.15, 0.2) is 30.3 Å². The third-order valence-corrected chi connectivity index (χ3v) is 2.07. The average Bonchev–Trinajstić information content (AvgIpc) is 2.25. The topological polar surface area (TPSA) is 26.3 Å². The van der Waals surface area contributed by atoms with Crippen LogP contribution in [0.5, 0.6) is 0 Å². The minimum Gasteiger partial charge on any atom is -0.374 e. The van der Waals surface area contributed by atoms with Gasteiger partial charge < -0.3 is 9.53 Å². The molecule has 76 valence electrons. The first-order chi connectivity index (χ1) is 6.83. The minimum atomic E-state index is 0.153. The summed E-state index contributed by atoms with van der Waals surface area (Å²) in [6.45, 7) is 2.62. The van der Waals surface area contributed by atoms with Crippen molar-refractivity contribution in [2.24, 2.45) is 0 Å². The van der Waals surface area contributed by atoms with Crippen molar-refractivity contribution >= 4 is 6.29 Å². The van der Waals surface area contributed by atoms with Crippen LogP contribution in [-0.4, -0.2) is 12.4 Å². The molecule has 0 spiro atoms. The van der Waals surface area contributed by atoms with Crippen LogP contribution in [0.1, 0.15) is 25.3 Å². The summed E-state index contributed by atoms with van der Waals surface area (Å²) < 4.78 is 5.57. The summed E-state index contributed by atoms with van der Waals surface area (Å²) in [6.07, 6.45) is 2.47. The third-order valence-electron chi connectivity index (χ3n) is 2.07. The van der Waals surface area contributed by atoms with Crippen molar-refractivity contribution < 1.29 is 9.53 Å². The van der Waals surface area contributed by atoms with Gasteiger partial charge in [-0.2, -0.15) is 0 Å². The van der Waals surface area contributed by atoms with Gasteiger partial charge in [0.25, 0.3) is 0 Å². The van der Waals surface area contributed by atoms with Gasteiger partial charge in [-0.05, 0) is 18.9 Å². The van der Waals surface area contributed by atoms with Crippen LogP contribution in [0, 0.1) is 0 Å². The normalized spacial score (nSPS) is 12.4. The second kappa shape index (κ2) is 6.33. The zero-order valence-corrected chi connectivity index (χ0v) is 8.48. The Morgan fingerprint density at radius 1 is 1.36 bits per heavy atom. The number of hydrogen-bond acceptors (Lipinski definition) is 2. The van der Waals surface area contributed by atoms with E-state index < -0.39 is 0 Å². The molecule has 0 radical (unpaired) electrons. The molecule has 0 heterocycles. The summed E-state index contributed by atoms with van der Waals surface area (Å²) in [6, 6.07) is 10.0. The zero-order valence-electron chi connectivity index (χ0n) is 8.48. The molecule has 0 fully saturated rings. The summed E-state index contributed by atoms with van der Waals surface area (Å²) >= 11 is 0. The first-order valence-electron chi connectivity index (χ1n) is 4.92. The van der Waals surface area contributed by atoms with Gasteiger partial charge in [-0.15, -0.1) is 0 Å². The molecule has 0 unspecified atom stereocenters. The maximum Gasteiger partial charge on any atom is 0.120 e. The number of hydrogen-bond donors (Lipinski definition) is 0. The van der Waals surface area contributed by atoms with Crippen molar-refractivity contribution in [1.29, 1.82) is 0 Å². The maximum atomic E-state index is 10.1. The van der Waals surface area contributed by atoms with E-state index >= 15 is 0 Å². The lowest BCUT2D eigenvalue weighted by Gasteiger charge is -2.11. The maximum absolute atomic E-state index is 10.1. The van der Waals surface area contributed by atoms with Gasteiger partial charge in [0, 0.05) is 6.42 Å². The molecule has 2 heteroatoms. The molecule has 14 heavy (non-hydrogen) atoms. The molecular weight excluding hydrogens is 176 g/mol. The van der Waals surface area contributed by atoms with Gasteiger partial charge in [-0.25, -0.2) is 0 Å². The van der Waals surface area contributed by atoms with E-state index in [9.17, 15) is 4.79 Å². The fraction of sp³-hybridized carbons (Fsp3) is 0.417. The Labute approximate surface area is 84.9 Å². The molecule has 0 saturated carbocycles. The average molecular weight is 192 g/mol. The monoisotopic (exact) mass is 192 g/mol. The predicted octanol–water partition coefficient (Wildman–Crippen LogP) is 2.57. The van der Waals surface area contributed by atoms with E-state index in [1.54, 1.807) is 0 Å². The van der Waals surface area contributed by atoms with Gasteiger partial charge in [0.2, 0.25) is 0 Å². The van der Waals surface area contributed by atoms with E-state index in [2.05, 4.69) is 0 Å². The van der Waals surface area contributed by atoms with Crippen molar-refractivity contribution in [2.45, 2.75) is 32.5 Å². The van der Waals surface area contributed by atoms with E-state index in [1.807, 2.05) is 37.3 Å². The smallest absolute Gasteiger partial charge is 0.120 e. The van der Waals surface area contributed by atoms with Crippen LogP contribution in [0.3, 0.4) is 0 Å². The van der Waals surface area contributed by atoms with E-state index in [0.717, 1.165) is 12.7 Å². The number of carbonyl (C=O) groups is 1. The van der Waals surface area contributed by atoms with Gasteiger partial charge in [0.15, 0.2) is 0 Å². The highest BCUT2D eigenvalue weighted by Gasteiger charge is 2.01. The molecule has 0 N–H and O–H groups in total. The fourth-order valence-electron chi connectivity index (χ4n) is 1.20. The molecule has 1 aromatic rings. The molecule has 0 aliphatic rings. The molecular formula is C12H16O2. The first kappa shape index (κ1) is 10.9. The van der Waals surface area contributed by atoms with E-state index in [-0.39, 0.29) is 6.10 Å². The summed E-state index contributed by atoms with van der Waals surface area (Å²) in [7, 11) is 0. The summed E-state index contributed by atoms with van der Waals surface area (Å²) in [5.41, 5.74) is 1.17. The number of benzene rings is 1. The Hall–Kier alpha value is -1.15. The third kappa shape index (κ3) is 4.19. The van der Waals surface area contributed by atoms with E-state index in [4.69, 9.17) is 4.74 Å². The Balaban J connectivity index is 2.23. The molecule has 1 atom stereocenters. The molecule has 1 aromatic carbocycles. The lowest BCUT2D eigenvalue weighted by molar-refractivity contribution is -0.108. The van der Waals surface area contributed by atoms with Gasteiger partial charge in [-0.3, -0.25) is 0 Å². The number of ether oxygens (including phenoxy) is 1. The zero-order chi connectivity index (χ0) is 10.2. The highest BCUT2D eigenvalue weighted by molar-refractivity contribution is 5.49. The van der Waals surface area contributed by atoms with Gasteiger partial charge in [0.05, 0.1) is 12.7 Å². The van der Waals surface area contributed by atoms with Crippen molar-refractivity contribution in [2.75, 3.05) is 0 Å². The highest BCUT2D eigenvalue weighted by atomic mass is 16.5. The molecule has 0 amide bonds. The molecule has 0 bridgehead atoms. The second-order valence-corrected chi connectivity index (χ2v) is 3.35. The second-order valence-electron chi connectivity index (χ2n) is 3.35. The summed E-state index contributed by atoms with van der Waals surface area (Å²) in [5, 5.41) is 0. The van der Waals surface area contributed by atoms with Crippen LogP contribution in [0.25, 0.3) is 0 Å². The Morgan fingerprint density at radius 2 is 2.07 bits per heavy atom. The van der Waals surface area contributed by atoms with E-state index in [0.29, 0.717) is 13.0 Å². The Bertz CT molecular complexity index is 256. The summed E-state index contributed by atoms with van der Waals surface area (Å²) in [5.74, 6) is 0. The Morgan fingerprint density at radius 3 is 2.71 bits per heavy atom. The van der Waals surface area contributed by atoms with E-state index in [1.165, 1.54) is 5.56 Å². The van der Waals surface area contributed by atoms with Gasteiger partial charge >= 0.3 is 0 Å². The Kier molecular flexibility index (Phi) is 4.94. The standard InChI is InChI=1S/C12H16O2/c1-11(6-5-9-13)14-10-12-7-3-2-4-8-12/h2-4,7-9,11H,5-6,10H2,1H3/t11-/m1/s1. The molecule has 0 saturated heterocycles.